The van der Waals surface area contributed by atoms with Gasteiger partial charge in [0.2, 0.25) is 0 Å². The van der Waals surface area contributed by atoms with Gasteiger partial charge >= 0.3 is 6.03 Å². The lowest BCUT2D eigenvalue weighted by atomic mass is 10.4. The van der Waals surface area contributed by atoms with Crippen LogP contribution in [-0.2, 0) is 0 Å². The molecule has 1 aromatic heterocycles. The molecule has 3 amide bonds. The minimum atomic E-state index is -0.854. The van der Waals surface area contributed by atoms with Gasteiger partial charge in [-0.25, -0.2) is 9.78 Å². The normalized spacial score (nSPS) is 9.42. The van der Waals surface area contributed by atoms with Crippen molar-refractivity contribution in [1.82, 2.24) is 10.3 Å². The van der Waals surface area contributed by atoms with Crippen molar-refractivity contribution >= 4 is 23.3 Å². The molecule has 0 aliphatic carbocycles. The molecule has 0 aromatic carbocycles. The lowest BCUT2D eigenvalue weighted by Gasteiger charge is -1.96. The maximum Gasteiger partial charge on any atom is 0.319 e. The third-order valence-electron chi connectivity index (χ3n) is 1.19. The highest BCUT2D eigenvalue weighted by Gasteiger charge is 2.12. The molecule has 0 bridgehead atoms. The van der Waals surface area contributed by atoms with Crippen molar-refractivity contribution in [2.45, 2.75) is 6.92 Å². The summed E-state index contributed by atoms with van der Waals surface area (Å²) in [6.45, 7) is 1.69. The number of rotatable bonds is 1. The smallest absolute Gasteiger partial charge is 0.319 e. The summed E-state index contributed by atoms with van der Waals surface area (Å²) in [6.07, 6.45) is 0. The molecular weight excluding hydrogens is 178 g/mol. The van der Waals surface area contributed by atoms with E-state index in [2.05, 4.69) is 4.98 Å². The van der Waals surface area contributed by atoms with Crippen LogP contribution in [0.25, 0.3) is 0 Å². The minimum absolute atomic E-state index is 0.411. The van der Waals surface area contributed by atoms with Gasteiger partial charge in [-0.05, 0) is 6.92 Å². The Bertz CT molecular complexity index is 320. The van der Waals surface area contributed by atoms with Crippen LogP contribution in [0, 0.1) is 6.92 Å². The van der Waals surface area contributed by atoms with Crippen LogP contribution < -0.4 is 11.1 Å². The Morgan fingerprint density at radius 1 is 1.67 bits per heavy atom. The second-order valence-corrected chi connectivity index (χ2v) is 2.94. The predicted octanol–water partition coefficient (Wildman–Crippen LogP) is 0.260. The molecule has 0 aliphatic heterocycles. The van der Waals surface area contributed by atoms with E-state index in [0.717, 1.165) is 0 Å². The van der Waals surface area contributed by atoms with Gasteiger partial charge in [0.1, 0.15) is 4.88 Å². The fourth-order valence-electron chi connectivity index (χ4n) is 0.689. The van der Waals surface area contributed by atoms with E-state index in [0.29, 0.717) is 10.6 Å². The van der Waals surface area contributed by atoms with E-state index in [1.54, 1.807) is 6.92 Å². The van der Waals surface area contributed by atoms with Gasteiger partial charge < -0.3 is 5.73 Å². The third-order valence-corrected chi connectivity index (χ3v) is 2.12. The van der Waals surface area contributed by atoms with Crippen LogP contribution in [0.3, 0.4) is 0 Å². The van der Waals surface area contributed by atoms with Crippen LogP contribution in [0.5, 0.6) is 0 Å². The Kier molecular flexibility index (Phi) is 2.39. The summed E-state index contributed by atoms with van der Waals surface area (Å²) in [4.78, 5) is 25.6. The fourth-order valence-corrected chi connectivity index (χ4v) is 1.39. The maximum atomic E-state index is 11.1. The summed E-state index contributed by atoms with van der Waals surface area (Å²) in [5.74, 6) is -0.498. The topological polar surface area (TPSA) is 85.1 Å². The summed E-state index contributed by atoms with van der Waals surface area (Å²) in [6, 6.07) is -0.854. The molecule has 0 unspecified atom stereocenters. The molecule has 5 nitrogen and oxygen atoms in total. The first kappa shape index (κ1) is 8.66. The Labute approximate surface area is 72.6 Å². The molecule has 1 aromatic rings. The second kappa shape index (κ2) is 3.31. The van der Waals surface area contributed by atoms with Gasteiger partial charge in [0.25, 0.3) is 5.91 Å². The Balaban J connectivity index is 2.78. The molecule has 0 aliphatic rings. The van der Waals surface area contributed by atoms with E-state index in [4.69, 9.17) is 5.73 Å². The van der Waals surface area contributed by atoms with Gasteiger partial charge in [-0.2, -0.15) is 0 Å². The molecule has 0 spiro atoms. The number of hydrogen-bond acceptors (Lipinski definition) is 4. The summed E-state index contributed by atoms with van der Waals surface area (Å²) in [7, 11) is 0. The average Bonchev–Trinajstić information content (AvgIpc) is 2.33. The number of imide groups is 1. The van der Waals surface area contributed by atoms with E-state index >= 15 is 0 Å². The number of amides is 3. The highest BCUT2D eigenvalue weighted by molar-refractivity contribution is 7.11. The second-order valence-electron chi connectivity index (χ2n) is 2.09. The zero-order valence-corrected chi connectivity index (χ0v) is 7.14. The van der Waals surface area contributed by atoms with Gasteiger partial charge in [0.15, 0.2) is 0 Å². The highest BCUT2D eigenvalue weighted by atomic mass is 32.1. The lowest BCUT2D eigenvalue weighted by Crippen LogP contribution is -2.34. The number of nitrogens with one attached hydrogen (secondary N) is 1. The van der Waals surface area contributed by atoms with Crippen LogP contribution in [0.2, 0.25) is 0 Å². The summed E-state index contributed by atoms with van der Waals surface area (Å²) < 4.78 is 0. The molecule has 0 saturated heterocycles. The molecule has 0 saturated carbocycles. The van der Waals surface area contributed by atoms with E-state index in [-0.39, 0.29) is 0 Å². The summed E-state index contributed by atoms with van der Waals surface area (Å²) in [5.41, 5.74) is 6.89. The average molecular weight is 185 g/mol. The Morgan fingerprint density at radius 3 is 2.75 bits per heavy atom. The van der Waals surface area contributed by atoms with Crippen molar-refractivity contribution in [1.29, 1.82) is 0 Å². The number of aryl methyl sites for hydroxylation is 1. The zero-order valence-electron chi connectivity index (χ0n) is 6.33. The largest absolute Gasteiger partial charge is 0.351 e. The monoisotopic (exact) mass is 185 g/mol. The molecule has 0 radical (unpaired) electrons. The fraction of sp³-hybridized carbons (Fsp3) is 0.167. The number of aromatic nitrogens is 1. The van der Waals surface area contributed by atoms with Crippen molar-refractivity contribution in [3.63, 3.8) is 0 Å². The van der Waals surface area contributed by atoms with Crippen molar-refractivity contribution in [2.75, 3.05) is 0 Å². The SMILES string of the molecule is Cc1ncsc1C(=O)NC(N)=O. The number of nitrogens with zero attached hydrogens (tertiary/aromatic N) is 1. The van der Waals surface area contributed by atoms with Crippen molar-refractivity contribution in [3.8, 4) is 0 Å². The van der Waals surface area contributed by atoms with Gasteiger partial charge in [-0.1, -0.05) is 0 Å². The standard InChI is InChI=1S/C6H7N3O2S/c1-3-4(12-2-8-3)5(10)9-6(7)11/h2H,1H3,(H3,7,9,10,11). The first-order valence-corrected chi connectivity index (χ1v) is 4.00. The number of urea groups is 1. The molecule has 3 N–H and O–H groups in total. The molecule has 64 valence electrons. The number of thiazole rings is 1. The van der Waals surface area contributed by atoms with Crippen molar-refractivity contribution < 1.29 is 9.59 Å². The number of carbonyl (C=O) groups excluding carboxylic acids is 2. The molecule has 12 heavy (non-hydrogen) atoms. The first-order chi connectivity index (χ1) is 5.61. The van der Waals surface area contributed by atoms with Gasteiger partial charge in [-0.3, -0.25) is 10.1 Å². The predicted molar refractivity (Wildman–Crippen MR) is 43.9 cm³/mol. The van der Waals surface area contributed by atoms with E-state index in [9.17, 15) is 9.59 Å². The minimum Gasteiger partial charge on any atom is -0.351 e. The van der Waals surface area contributed by atoms with E-state index in [1.807, 2.05) is 5.32 Å². The van der Waals surface area contributed by atoms with E-state index < -0.39 is 11.9 Å². The molecule has 6 heteroatoms. The van der Waals surface area contributed by atoms with Crippen molar-refractivity contribution in [3.05, 3.63) is 16.1 Å². The zero-order chi connectivity index (χ0) is 9.14. The Morgan fingerprint density at radius 2 is 2.33 bits per heavy atom. The van der Waals surface area contributed by atoms with Gasteiger partial charge in [-0.15, -0.1) is 11.3 Å². The quantitative estimate of drug-likeness (QED) is 0.658. The lowest BCUT2D eigenvalue weighted by molar-refractivity contribution is 0.0969. The van der Waals surface area contributed by atoms with Gasteiger partial charge in [0.05, 0.1) is 11.2 Å². The molecular formula is C6H7N3O2S. The number of carbonyl (C=O) groups is 2. The number of primary amides is 1. The van der Waals surface area contributed by atoms with Crippen LogP contribution in [0.15, 0.2) is 5.51 Å². The van der Waals surface area contributed by atoms with Crippen molar-refractivity contribution in [2.24, 2.45) is 5.73 Å². The number of hydrogen-bond donors (Lipinski definition) is 2. The van der Waals surface area contributed by atoms with Gasteiger partial charge in [0, 0.05) is 0 Å². The third kappa shape index (κ3) is 1.79. The van der Waals surface area contributed by atoms with Crippen LogP contribution in [0.4, 0.5) is 4.79 Å². The summed E-state index contributed by atoms with van der Waals surface area (Å²) >= 11 is 1.17. The molecule has 1 rings (SSSR count). The molecule has 0 atom stereocenters. The molecule has 0 fully saturated rings. The maximum absolute atomic E-state index is 11.1. The molecule has 1 heterocycles. The van der Waals surface area contributed by atoms with Crippen LogP contribution in [-0.4, -0.2) is 16.9 Å². The summed E-state index contributed by atoms with van der Waals surface area (Å²) in [5, 5.41) is 1.96. The van der Waals surface area contributed by atoms with Crippen LogP contribution in [0.1, 0.15) is 15.4 Å². The first-order valence-electron chi connectivity index (χ1n) is 3.12. The van der Waals surface area contributed by atoms with Crippen LogP contribution >= 0.6 is 11.3 Å². The number of nitrogens with two attached hydrogens (primary N) is 1. The Hall–Kier alpha value is -1.43. The van der Waals surface area contributed by atoms with E-state index in [1.165, 1.54) is 16.8 Å². The highest BCUT2D eigenvalue weighted by Crippen LogP contribution is 2.10.